The molecule has 1 unspecified atom stereocenters. The summed E-state index contributed by atoms with van der Waals surface area (Å²) in [4.78, 5) is 29.8. The third kappa shape index (κ3) is 5.52. The first-order valence-electron chi connectivity index (χ1n) is 13.3. The molecule has 0 bridgehead atoms. The summed E-state index contributed by atoms with van der Waals surface area (Å²) >= 11 is 0. The Labute approximate surface area is 251 Å². The van der Waals surface area contributed by atoms with Gasteiger partial charge in [-0.05, 0) is 74.0 Å². The van der Waals surface area contributed by atoms with E-state index in [1.165, 1.54) is 21.6 Å². The molecule has 10 heteroatoms. The Morgan fingerprint density at radius 2 is 1.62 bits per heavy atom. The lowest BCUT2D eigenvalue weighted by atomic mass is 9.77. The molecule has 0 fully saturated rings. The molecule has 0 radical (unpaired) electrons. The van der Waals surface area contributed by atoms with Crippen LogP contribution in [0, 0.1) is 0 Å². The molecule has 0 amide bonds. The van der Waals surface area contributed by atoms with Gasteiger partial charge in [-0.15, -0.1) is 0 Å². The number of fused-ring (bicyclic) bond motifs is 6. The van der Waals surface area contributed by atoms with Crippen molar-refractivity contribution in [3.05, 3.63) is 107 Å². The van der Waals surface area contributed by atoms with Gasteiger partial charge in [0.25, 0.3) is 0 Å². The molecule has 1 atom stereocenters. The summed E-state index contributed by atoms with van der Waals surface area (Å²) in [6.07, 6.45) is 0.899. The third-order valence-electron chi connectivity index (χ3n) is 6.45. The van der Waals surface area contributed by atoms with Crippen LogP contribution in [0.5, 0.6) is 23.0 Å². The second-order valence-corrected chi connectivity index (χ2v) is 13.0. The van der Waals surface area contributed by atoms with Crippen molar-refractivity contribution in [2.24, 2.45) is 0 Å². The van der Waals surface area contributed by atoms with Gasteiger partial charge in [0.1, 0.15) is 40.2 Å². The molecule has 8 nitrogen and oxygen atoms in total. The van der Waals surface area contributed by atoms with E-state index in [2.05, 4.69) is 4.98 Å². The van der Waals surface area contributed by atoms with Gasteiger partial charge in [0.05, 0.1) is 5.56 Å². The van der Waals surface area contributed by atoms with Crippen molar-refractivity contribution >= 4 is 33.7 Å². The molecule has 1 aromatic heterocycles. The molecule has 2 aliphatic heterocycles. The largest absolute Gasteiger partial charge is 0.513 e. The van der Waals surface area contributed by atoms with E-state index in [1.807, 2.05) is 63.2 Å². The fraction of sp³-hybridized carbons (Fsp3) is 0.219. The quantitative estimate of drug-likeness (QED) is 0.0904. The van der Waals surface area contributed by atoms with E-state index < -0.39 is 23.3 Å². The minimum atomic E-state index is -1.24. The minimum Gasteiger partial charge on any atom is -0.488 e. The van der Waals surface area contributed by atoms with Gasteiger partial charge in [-0.1, -0.05) is 35.1 Å². The molecule has 2 aliphatic rings. The zero-order chi connectivity index (χ0) is 29.3. The Kier molecular flexibility index (Phi) is 7.51. The zero-order valence-electron chi connectivity index (χ0n) is 23.1. The normalized spacial score (nSPS) is 16.5. The third-order valence-corrected chi connectivity index (χ3v) is 8.68. The van der Waals surface area contributed by atoms with Crippen molar-refractivity contribution in [3.63, 3.8) is 0 Å². The fourth-order valence-corrected chi connectivity index (χ4v) is 6.61. The van der Waals surface area contributed by atoms with Gasteiger partial charge in [-0.3, -0.25) is 0 Å². The summed E-state index contributed by atoms with van der Waals surface area (Å²) in [6.45, 7) is 6.05. The number of pyridine rings is 1. The molecule has 0 saturated heterocycles. The van der Waals surface area contributed by atoms with Crippen LogP contribution < -0.4 is 14.2 Å². The van der Waals surface area contributed by atoms with Crippen molar-refractivity contribution in [3.8, 4) is 23.0 Å². The first-order valence-corrected chi connectivity index (χ1v) is 15.6. The molecule has 0 aliphatic carbocycles. The number of nitrogens with zero attached hydrogens (tertiary/aromatic N) is 1. The van der Waals surface area contributed by atoms with Gasteiger partial charge in [-0.2, -0.15) is 0 Å². The predicted octanol–water partition coefficient (Wildman–Crippen LogP) is 7.78. The van der Waals surface area contributed by atoms with Gasteiger partial charge in [0, 0.05) is 40.8 Å². The summed E-state index contributed by atoms with van der Waals surface area (Å²) in [5.41, 5.74) is 0.805. The highest BCUT2D eigenvalue weighted by molar-refractivity contribution is 8.76. The Balaban J connectivity index is 1.24. The Morgan fingerprint density at radius 1 is 0.905 bits per heavy atom. The molecule has 3 heterocycles. The summed E-state index contributed by atoms with van der Waals surface area (Å²) in [5, 5.41) is 0.881. The highest BCUT2D eigenvalue weighted by Crippen LogP contribution is 2.57. The number of benzene rings is 3. The molecule has 1 spiro atoms. The summed E-state index contributed by atoms with van der Waals surface area (Å²) < 4.78 is 29.3. The summed E-state index contributed by atoms with van der Waals surface area (Å²) in [5.74, 6) is 1.82. The zero-order valence-corrected chi connectivity index (χ0v) is 24.8. The fourth-order valence-electron chi connectivity index (χ4n) is 4.90. The van der Waals surface area contributed by atoms with Crippen molar-refractivity contribution in [1.82, 2.24) is 4.98 Å². The van der Waals surface area contributed by atoms with E-state index >= 15 is 0 Å². The predicted molar refractivity (Wildman–Crippen MR) is 160 cm³/mol. The molecule has 6 rings (SSSR count). The molecule has 214 valence electrons. The molecule has 0 N–H and O–H groups in total. The average Bonchev–Trinajstić information content (AvgIpc) is 3.25. The lowest BCUT2D eigenvalue weighted by Crippen LogP contribution is -2.33. The monoisotopic (exact) mass is 601 g/mol. The van der Waals surface area contributed by atoms with Crippen molar-refractivity contribution in [2.45, 2.75) is 37.0 Å². The van der Waals surface area contributed by atoms with Crippen LogP contribution in [0.15, 0.2) is 90.1 Å². The Bertz CT molecular complexity index is 1650. The lowest BCUT2D eigenvalue weighted by Gasteiger charge is -2.37. The smallest absolute Gasteiger partial charge is 0.488 e. The summed E-state index contributed by atoms with van der Waals surface area (Å²) in [7, 11) is 3.03. The summed E-state index contributed by atoms with van der Waals surface area (Å²) in [6, 6.07) is 23.5. The van der Waals surface area contributed by atoms with Crippen molar-refractivity contribution in [1.29, 1.82) is 0 Å². The van der Waals surface area contributed by atoms with Crippen LogP contribution in [0.3, 0.4) is 0 Å². The second kappa shape index (κ2) is 11.3. The number of rotatable bonds is 7. The van der Waals surface area contributed by atoms with Crippen LogP contribution >= 0.6 is 21.6 Å². The number of carbonyl (C=O) groups excluding carboxylic acids is 2. The van der Waals surface area contributed by atoms with Crippen LogP contribution in [0.25, 0.3) is 0 Å². The van der Waals surface area contributed by atoms with E-state index in [0.717, 1.165) is 5.03 Å². The molecule has 0 saturated carbocycles. The van der Waals surface area contributed by atoms with Gasteiger partial charge in [0.15, 0.2) is 5.60 Å². The first-order chi connectivity index (χ1) is 20.2. The van der Waals surface area contributed by atoms with E-state index in [9.17, 15) is 9.59 Å². The van der Waals surface area contributed by atoms with E-state index in [1.54, 1.807) is 42.6 Å². The minimum absolute atomic E-state index is 0.171. The molecular formula is C32H27NO7S2. The maximum Gasteiger partial charge on any atom is 0.513 e. The number of esters is 1. The van der Waals surface area contributed by atoms with Crippen LogP contribution in [-0.4, -0.2) is 35.1 Å². The molecule has 42 heavy (non-hydrogen) atoms. The van der Waals surface area contributed by atoms with Gasteiger partial charge in [0.2, 0.25) is 0 Å². The number of hydrogen-bond acceptors (Lipinski definition) is 10. The van der Waals surface area contributed by atoms with E-state index in [0.29, 0.717) is 45.3 Å². The number of carbonyl (C=O) groups is 2. The van der Waals surface area contributed by atoms with E-state index in [4.69, 9.17) is 23.7 Å². The van der Waals surface area contributed by atoms with Gasteiger partial charge < -0.3 is 23.7 Å². The highest BCUT2D eigenvalue weighted by atomic mass is 33.1. The number of ether oxygens (including phenoxy) is 5. The van der Waals surface area contributed by atoms with Crippen LogP contribution in [-0.2, 0) is 15.1 Å². The number of aromatic nitrogens is 1. The van der Waals surface area contributed by atoms with Crippen molar-refractivity contribution < 1.29 is 33.3 Å². The van der Waals surface area contributed by atoms with Gasteiger partial charge in [-0.25, -0.2) is 14.6 Å². The maximum atomic E-state index is 13.1. The first kappa shape index (κ1) is 28.0. The lowest BCUT2D eigenvalue weighted by molar-refractivity contribution is 0.0224. The maximum absolute atomic E-state index is 13.1. The molecule has 4 aromatic rings. The topological polar surface area (TPSA) is 93.2 Å². The highest BCUT2D eigenvalue weighted by Gasteiger charge is 2.53. The van der Waals surface area contributed by atoms with Crippen molar-refractivity contribution in [2.75, 3.05) is 12.4 Å². The number of hydrogen-bond donors (Lipinski definition) is 0. The Morgan fingerprint density at radius 3 is 2.36 bits per heavy atom. The molecule has 3 aromatic carbocycles. The standard InChI is InChI=1S/C32H27NO7S2/c1-31(2,3)39-21-12-14-25-27(19-21)38-26-18-20(37-30(35)36-16-17-41-42-28-10-6-7-15-33-28)11-13-24(26)32(25)23-9-5-4-8-22(23)29(34)40-32/h4-15,18-19H,16-17H2,1-3H3. The van der Waals surface area contributed by atoms with E-state index in [-0.39, 0.29) is 12.4 Å². The van der Waals surface area contributed by atoms with Crippen LogP contribution in [0.1, 0.15) is 47.8 Å². The van der Waals surface area contributed by atoms with Crippen LogP contribution in [0.4, 0.5) is 4.79 Å². The van der Waals surface area contributed by atoms with Crippen LogP contribution in [0.2, 0.25) is 0 Å². The average molecular weight is 602 g/mol. The van der Waals surface area contributed by atoms with Gasteiger partial charge >= 0.3 is 12.1 Å². The Hall–Kier alpha value is -4.15. The SMILES string of the molecule is CC(C)(C)Oc1ccc2c(c1)Oc1cc(OC(=O)OCCSSc3ccccn3)ccc1C21OC(=O)c2ccccc21. The molecular weight excluding hydrogens is 574 g/mol. The second-order valence-electron chi connectivity index (χ2n) is 10.5.